The zero-order chi connectivity index (χ0) is 20.1. The summed E-state index contributed by atoms with van der Waals surface area (Å²) in [5.41, 5.74) is 2.09. The molecule has 0 atom stereocenters. The van der Waals surface area contributed by atoms with Gasteiger partial charge in [-0.05, 0) is 55.7 Å². The molecule has 0 spiro atoms. The minimum atomic E-state index is -0.663. The number of amides is 1. The fraction of sp³-hybridized carbons (Fsp3) is 0.381. The van der Waals surface area contributed by atoms with Gasteiger partial charge in [0, 0.05) is 19.2 Å². The lowest BCUT2D eigenvalue weighted by molar-refractivity contribution is -0.117. The van der Waals surface area contributed by atoms with Crippen LogP contribution in [-0.4, -0.2) is 37.1 Å². The standard InChI is InChI=1S/C21H24F2N2O3/c1-3-27-19-9-14-7-8-25(12-15(14)10-20(19)28-4-2)13-21(26)24-18-11-16(22)5-6-17(18)23/h5-6,9-11H,3-4,7-8,12-13H2,1-2H3,(H,24,26). The van der Waals surface area contributed by atoms with Gasteiger partial charge < -0.3 is 14.8 Å². The highest BCUT2D eigenvalue weighted by atomic mass is 19.1. The molecule has 0 aromatic heterocycles. The van der Waals surface area contributed by atoms with Gasteiger partial charge in [0.05, 0.1) is 25.4 Å². The molecule has 0 aliphatic carbocycles. The molecular weight excluding hydrogens is 366 g/mol. The second-order valence-corrected chi connectivity index (χ2v) is 6.57. The number of hydrogen-bond donors (Lipinski definition) is 1. The molecule has 28 heavy (non-hydrogen) atoms. The normalized spacial score (nSPS) is 13.7. The molecule has 1 N–H and O–H groups in total. The molecule has 1 amide bonds. The highest BCUT2D eigenvalue weighted by Crippen LogP contribution is 2.33. The SMILES string of the molecule is CCOc1cc2c(cc1OCC)CN(CC(=O)Nc1cc(F)ccc1F)CC2. The van der Waals surface area contributed by atoms with Crippen molar-refractivity contribution in [1.82, 2.24) is 4.90 Å². The van der Waals surface area contributed by atoms with Crippen LogP contribution in [-0.2, 0) is 17.8 Å². The van der Waals surface area contributed by atoms with Gasteiger partial charge in [0.2, 0.25) is 5.91 Å². The summed E-state index contributed by atoms with van der Waals surface area (Å²) in [7, 11) is 0. The van der Waals surface area contributed by atoms with Crippen molar-refractivity contribution in [1.29, 1.82) is 0 Å². The number of anilines is 1. The Bertz CT molecular complexity index is 858. The lowest BCUT2D eigenvalue weighted by Crippen LogP contribution is -2.37. The largest absolute Gasteiger partial charge is 0.490 e. The monoisotopic (exact) mass is 390 g/mol. The fourth-order valence-corrected chi connectivity index (χ4v) is 3.28. The van der Waals surface area contributed by atoms with Gasteiger partial charge in [-0.3, -0.25) is 9.69 Å². The topological polar surface area (TPSA) is 50.8 Å². The number of fused-ring (bicyclic) bond motifs is 1. The molecule has 0 radical (unpaired) electrons. The molecule has 0 unspecified atom stereocenters. The van der Waals surface area contributed by atoms with Crippen LogP contribution in [0.1, 0.15) is 25.0 Å². The number of ether oxygens (including phenoxy) is 2. The smallest absolute Gasteiger partial charge is 0.238 e. The van der Waals surface area contributed by atoms with Gasteiger partial charge in [-0.1, -0.05) is 0 Å². The van der Waals surface area contributed by atoms with Crippen LogP contribution in [0.2, 0.25) is 0 Å². The van der Waals surface area contributed by atoms with E-state index >= 15 is 0 Å². The van der Waals surface area contributed by atoms with E-state index in [2.05, 4.69) is 5.32 Å². The average Bonchev–Trinajstić information content (AvgIpc) is 2.65. The Balaban J connectivity index is 1.68. The number of rotatable bonds is 7. The number of nitrogens with zero attached hydrogens (tertiary/aromatic N) is 1. The minimum absolute atomic E-state index is 0.0899. The molecule has 0 saturated heterocycles. The Morgan fingerprint density at radius 3 is 2.43 bits per heavy atom. The molecule has 0 saturated carbocycles. The number of halogens is 2. The van der Waals surface area contributed by atoms with Crippen LogP contribution < -0.4 is 14.8 Å². The van der Waals surface area contributed by atoms with Crippen LogP contribution in [0.5, 0.6) is 11.5 Å². The summed E-state index contributed by atoms with van der Waals surface area (Å²) in [5, 5.41) is 2.44. The van der Waals surface area contributed by atoms with Crippen molar-refractivity contribution in [2.75, 3.05) is 31.6 Å². The van der Waals surface area contributed by atoms with Crippen molar-refractivity contribution in [2.24, 2.45) is 0 Å². The number of hydrogen-bond acceptors (Lipinski definition) is 4. The van der Waals surface area contributed by atoms with Gasteiger partial charge >= 0.3 is 0 Å². The van der Waals surface area contributed by atoms with Gasteiger partial charge in [0.1, 0.15) is 11.6 Å². The Morgan fingerprint density at radius 2 is 1.75 bits per heavy atom. The third-order valence-electron chi connectivity index (χ3n) is 4.53. The molecular formula is C21H24F2N2O3. The summed E-state index contributed by atoms with van der Waals surface area (Å²) in [6, 6.07) is 6.94. The van der Waals surface area contributed by atoms with E-state index in [4.69, 9.17) is 9.47 Å². The van der Waals surface area contributed by atoms with E-state index in [1.807, 2.05) is 30.9 Å². The van der Waals surface area contributed by atoms with E-state index in [0.29, 0.717) is 32.1 Å². The molecule has 1 heterocycles. The zero-order valence-corrected chi connectivity index (χ0v) is 16.1. The number of nitrogens with one attached hydrogen (secondary N) is 1. The lowest BCUT2D eigenvalue weighted by Gasteiger charge is -2.29. The summed E-state index contributed by atoms with van der Waals surface area (Å²) in [5.74, 6) is -0.225. The Kier molecular flexibility index (Phi) is 6.46. The van der Waals surface area contributed by atoms with Crippen molar-refractivity contribution in [3.8, 4) is 11.5 Å². The summed E-state index contributed by atoms with van der Waals surface area (Å²) < 4.78 is 38.3. The summed E-state index contributed by atoms with van der Waals surface area (Å²) in [6.45, 7) is 6.28. The van der Waals surface area contributed by atoms with Crippen LogP contribution in [0.3, 0.4) is 0 Å². The maximum atomic E-state index is 13.7. The first-order valence-corrected chi connectivity index (χ1v) is 9.38. The summed E-state index contributed by atoms with van der Waals surface area (Å²) in [4.78, 5) is 14.2. The predicted octanol–water partition coefficient (Wildman–Crippen LogP) is 3.76. The molecule has 7 heteroatoms. The quantitative estimate of drug-likeness (QED) is 0.782. The van der Waals surface area contributed by atoms with Crippen molar-refractivity contribution in [2.45, 2.75) is 26.8 Å². The molecule has 5 nitrogen and oxygen atoms in total. The Labute approximate surface area is 163 Å². The van der Waals surface area contributed by atoms with E-state index < -0.39 is 11.6 Å². The van der Waals surface area contributed by atoms with Gasteiger partial charge in [-0.15, -0.1) is 0 Å². The zero-order valence-electron chi connectivity index (χ0n) is 16.1. The van der Waals surface area contributed by atoms with E-state index in [-0.39, 0.29) is 18.1 Å². The van der Waals surface area contributed by atoms with E-state index in [9.17, 15) is 13.6 Å². The highest BCUT2D eigenvalue weighted by Gasteiger charge is 2.22. The maximum Gasteiger partial charge on any atom is 0.238 e. The molecule has 150 valence electrons. The van der Waals surface area contributed by atoms with Crippen molar-refractivity contribution in [3.63, 3.8) is 0 Å². The number of carbonyl (C=O) groups is 1. The number of carbonyl (C=O) groups excluding carboxylic acids is 1. The van der Waals surface area contributed by atoms with Crippen LogP contribution in [0.4, 0.5) is 14.5 Å². The molecule has 2 aromatic rings. The van der Waals surface area contributed by atoms with Gasteiger partial charge in [-0.2, -0.15) is 0 Å². The summed E-state index contributed by atoms with van der Waals surface area (Å²) in [6.07, 6.45) is 0.767. The first kappa shape index (κ1) is 20.1. The first-order chi connectivity index (χ1) is 13.5. The lowest BCUT2D eigenvalue weighted by atomic mass is 9.98. The van der Waals surface area contributed by atoms with Crippen molar-refractivity contribution >= 4 is 11.6 Å². The first-order valence-electron chi connectivity index (χ1n) is 9.38. The van der Waals surface area contributed by atoms with Crippen LogP contribution in [0.25, 0.3) is 0 Å². The van der Waals surface area contributed by atoms with Crippen LogP contribution in [0.15, 0.2) is 30.3 Å². The highest BCUT2D eigenvalue weighted by molar-refractivity contribution is 5.92. The second-order valence-electron chi connectivity index (χ2n) is 6.57. The van der Waals surface area contributed by atoms with E-state index in [0.717, 1.165) is 35.9 Å². The maximum absolute atomic E-state index is 13.7. The third kappa shape index (κ3) is 4.78. The molecule has 0 bridgehead atoms. The van der Waals surface area contributed by atoms with Gasteiger partial charge in [0.15, 0.2) is 11.5 Å². The predicted molar refractivity (Wildman–Crippen MR) is 103 cm³/mol. The van der Waals surface area contributed by atoms with Crippen LogP contribution >= 0.6 is 0 Å². The number of benzene rings is 2. The van der Waals surface area contributed by atoms with Crippen LogP contribution in [0, 0.1) is 11.6 Å². The average molecular weight is 390 g/mol. The Hall–Kier alpha value is -2.67. The molecule has 2 aromatic carbocycles. The van der Waals surface area contributed by atoms with Crippen molar-refractivity contribution < 1.29 is 23.0 Å². The van der Waals surface area contributed by atoms with Gasteiger partial charge in [0.25, 0.3) is 0 Å². The van der Waals surface area contributed by atoms with E-state index in [1.54, 1.807) is 0 Å². The third-order valence-corrected chi connectivity index (χ3v) is 4.53. The van der Waals surface area contributed by atoms with E-state index in [1.165, 1.54) is 5.56 Å². The molecule has 1 aliphatic heterocycles. The van der Waals surface area contributed by atoms with Crippen molar-refractivity contribution in [3.05, 3.63) is 53.1 Å². The molecule has 1 aliphatic rings. The fourth-order valence-electron chi connectivity index (χ4n) is 3.28. The molecule has 0 fully saturated rings. The Morgan fingerprint density at radius 1 is 1.07 bits per heavy atom. The summed E-state index contributed by atoms with van der Waals surface area (Å²) >= 11 is 0. The van der Waals surface area contributed by atoms with Gasteiger partial charge in [-0.25, -0.2) is 8.78 Å². The molecule has 3 rings (SSSR count). The second kappa shape index (κ2) is 9.01. The minimum Gasteiger partial charge on any atom is -0.490 e.